The highest BCUT2D eigenvalue weighted by Gasteiger charge is 2.15. The molecule has 0 aliphatic rings. The highest BCUT2D eigenvalue weighted by atomic mass is 79.9. The van der Waals surface area contributed by atoms with Crippen molar-refractivity contribution in [2.24, 2.45) is 0 Å². The maximum Gasteiger partial charge on any atom is 0.150 e. The molecule has 0 saturated heterocycles. The summed E-state index contributed by atoms with van der Waals surface area (Å²) in [4.78, 5) is 2.43. The van der Waals surface area contributed by atoms with E-state index in [0.29, 0.717) is 4.47 Å². The highest BCUT2D eigenvalue weighted by Crippen LogP contribution is 2.33. The van der Waals surface area contributed by atoms with Gasteiger partial charge in [-0.25, -0.2) is 8.78 Å². The molecule has 1 heterocycles. The van der Waals surface area contributed by atoms with Gasteiger partial charge >= 0.3 is 0 Å². The maximum atomic E-state index is 13.8. The first kappa shape index (κ1) is 14.5. The molecule has 0 radical (unpaired) electrons. The largest absolute Gasteiger partial charge is 0.375 e. The number of anilines is 1. The van der Waals surface area contributed by atoms with Crippen LogP contribution >= 0.6 is 27.3 Å². The van der Waals surface area contributed by atoms with E-state index in [0.717, 1.165) is 11.6 Å². The molecule has 0 aliphatic carbocycles. The van der Waals surface area contributed by atoms with Gasteiger partial charge in [-0.3, -0.25) is 0 Å². The van der Waals surface area contributed by atoms with Crippen LogP contribution in [0.25, 0.3) is 0 Å². The molecule has 2 rings (SSSR count). The van der Waals surface area contributed by atoms with Crippen LogP contribution in [0.1, 0.15) is 28.3 Å². The lowest BCUT2D eigenvalue weighted by Crippen LogP contribution is -2.09. The van der Waals surface area contributed by atoms with E-state index in [4.69, 9.17) is 0 Å². The van der Waals surface area contributed by atoms with Crippen LogP contribution in [0, 0.1) is 25.5 Å². The third kappa shape index (κ3) is 3.15. The van der Waals surface area contributed by atoms with Crippen molar-refractivity contribution >= 4 is 33.0 Å². The number of nitrogens with one attached hydrogen (secondary N) is 1. The van der Waals surface area contributed by atoms with Crippen molar-refractivity contribution in [2.75, 3.05) is 5.32 Å². The molecule has 1 aromatic heterocycles. The minimum Gasteiger partial charge on any atom is -0.375 e. The topological polar surface area (TPSA) is 12.0 Å². The van der Waals surface area contributed by atoms with Gasteiger partial charge in [0.25, 0.3) is 0 Å². The second-order valence-corrected chi connectivity index (χ2v) is 6.79. The molecule has 1 unspecified atom stereocenters. The summed E-state index contributed by atoms with van der Waals surface area (Å²) in [6.45, 7) is 6.05. The summed E-state index contributed by atoms with van der Waals surface area (Å²) in [7, 11) is 0. The van der Waals surface area contributed by atoms with Crippen LogP contribution in [0.4, 0.5) is 14.5 Å². The molecule has 2 aromatic rings. The first-order valence-electron chi connectivity index (χ1n) is 5.86. The van der Waals surface area contributed by atoms with Gasteiger partial charge in [0.2, 0.25) is 0 Å². The zero-order valence-electron chi connectivity index (χ0n) is 10.9. The normalized spacial score (nSPS) is 12.5. The lowest BCUT2D eigenvalue weighted by atomic mass is 10.1. The van der Waals surface area contributed by atoms with E-state index in [1.165, 1.54) is 15.8 Å². The highest BCUT2D eigenvalue weighted by molar-refractivity contribution is 9.10. The summed E-state index contributed by atoms with van der Waals surface area (Å²) < 4.78 is 27.2. The second kappa shape index (κ2) is 5.59. The van der Waals surface area contributed by atoms with E-state index in [2.05, 4.69) is 27.3 Å². The summed E-state index contributed by atoms with van der Waals surface area (Å²) in [5, 5.41) is 3.09. The van der Waals surface area contributed by atoms with E-state index in [-0.39, 0.29) is 11.7 Å². The first-order valence-corrected chi connectivity index (χ1v) is 7.47. The van der Waals surface area contributed by atoms with Crippen molar-refractivity contribution in [1.82, 2.24) is 0 Å². The van der Waals surface area contributed by atoms with Crippen LogP contribution in [-0.4, -0.2) is 0 Å². The van der Waals surface area contributed by atoms with Crippen molar-refractivity contribution in [1.29, 1.82) is 0 Å². The SMILES string of the molecule is Cc1cc(C(C)Nc2c(F)cc(F)cc2Br)c(C)s1. The average Bonchev–Trinajstić information content (AvgIpc) is 2.62. The van der Waals surface area contributed by atoms with Gasteiger partial charge in [-0.15, -0.1) is 11.3 Å². The molecule has 1 N–H and O–H groups in total. The quantitative estimate of drug-likeness (QED) is 0.765. The average molecular weight is 346 g/mol. The lowest BCUT2D eigenvalue weighted by Gasteiger charge is -2.17. The Balaban J connectivity index is 2.29. The molecule has 5 heteroatoms. The van der Waals surface area contributed by atoms with Crippen molar-refractivity contribution in [3.63, 3.8) is 0 Å². The fraction of sp³-hybridized carbons (Fsp3) is 0.286. The number of thiophene rings is 1. The number of aryl methyl sites for hydroxylation is 2. The summed E-state index contributed by atoms with van der Waals surface area (Å²) in [6.07, 6.45) is 0. The van der Waals surface area contributed by atoms with Gasteiger partial charge in [0, 0.05) is 26.3 Å². The van der Waals surface area contributed by atoms with E-state index < -0.39 is 11.6 Å². The zero-order chi connectivity index (χ0) is 14.2. The smallest absolute Gasteiger partial charge is 0.150 e. The predicted molar refractivity (Wildman–Crippen MR) is 79.9 cm³/mol. The van der Waals surface area contributed by atoms with E-state index in [9.17, 15) is 8.78 Å². The van der Waals surface area contributed by atoms with Gasteiger partial charge in [-0.2, -0.15) is 0 Å². The van der Waals surface area contributed by atoms with E-state index >= 15 is 0 Å². The molecule has 0 amide bonds. The van der Waals surface area contributed by atoms with Crippen molar-refractivity contribution in [3.8, 4) is 0 Å². The molecular weight excluding hydrogens is 332 g/mol. The van der Waals surface area contributed by atoms with Crippen LogP contribution < -0.4 is 5.32 Å². The van der Waals surface area contributed by atoms with Crippen LogP contribution in [-0.2, 0) is 0 Å². The molecule has 1 atom stereocenters. The van der Waals surface area contributed by atoms with Crippen LogP contribution in [0.2, 0.25) is 0 Å². The Morgan fingerprint density at radius 2 is 1.89 bits per heavy atom. The molecule has 1 aromatic carbocycles. The van der Waals surface area contributed by atoms with Gasteiger partial charge < -0.3 is 5.32 Å². The van der Waals surface area contributed by atoms with E-state index in [1.54, 1.807) is 11.3 Å². The Kier molecular flexibility index (Phi) is 4.26. The lowest BCUT2D eigenvalue weighted by molar-refractivity contribution is 0.582. The van der Waals surface area contributed by atoms with Crippen molar-refractivity contribution in [2.45, 2.75) is 26.8 Å². The van der Waals surface area contributed by atoms with Gasteiger partial charge in [0.1, 0.15) is 11.6 Å². The molecule has 19 heavy (non-hydrogen) atoms. The molecular formula is C14H14BrF2NS. The number of hydrogen-bond donors (Lipinski definition) is 1. The molecule has 0 spiro atoms. The predicted octanol–water partition coefficient (Wildman–Crippen LogP) is 5.58. The summed E-state index contributed by atoms with van der Waals surface area (Å²) >= 11 is 4.90. The number of rotatable bonds is 3. The Hall–Kier alpha value is -0.940. The molecule has 0 saturated carbocycles. The standard InChI is InChI=1S/C14H14BrF2NS/c1-7-4-11(9(3)19-7)8(2)18-14-12(15)5-10(16)6-13(14)17/h4-6,8,18H,1-3H3. The minimum atomic E-state index is -0.594. The van der Waals surface area contributed by atoms with Crippen molar-refractivity contribution < 1.29 is 8.78 Å². The fourth-order valence-corrected chi connectivity index (χ4v) is 3.60. The Bertz CT molecular complexity index is 586. The Labute approximate surface area is 123 Å². The third-order valence-electron chi connectivity index (χ3n) is 2.91. The molecule has 102 valence electrons. The van der Waals surface area contributed by atoms with Crippen LogP contribution in [0.15, 0.2) is 22.7 Å². The molecule has 0 fully saturated rings. The summed E-state index contributed by atoms with van der Waals surface area (Å²) in [5.74, 6) is -1.19. The van der Waals surface area contributed by atoms with Crippen LogP contribution in [0.5, 0.6) is 0 Å². The number of benzene rings is 1. The summed E-state index contributed by atoms with van der Waals surface area (Å²) in [6, 6.07) is 4.18. The van der Waals surface area contributed by atoms with Crippen LogP contribution in [0.3, 0.4) is 0 Å². The van der Waals surface area contributed by atoms with E-state index in [1.807, 2.05) is 20.8 Å². The van der Waals surface area contributed by atoms with Gasteiger partial charge in [0.15, 0.2) is 0 Å². The Morgan fingerprint density at radius 1 is 1.21 bits per heavy atom. The second-order valence-electron chi connectivity index (χ2n) is 4.48. The van der Waals surface area contributed by atoms with Gasteiger partial charge in [-0.1, -0.05) is 0 Å². The third-order valence-corrected chi connectivity index (χ3v) is 4.52. The number of halogens is 3. The zero-order valence-corrected chi connectivity index (χ0v) is 13.3. The molecule has 1 nitrogen and oxygen atoms in total. The Morgan fingerprint density at radius 3 is 2.42 bits per heavy atom. The monoisotopic (exact) mass is 345 g/mol. The molecule has 0 aliphatic heterocycles. The maximum absolute atomic E-state index is 13.8. The van der Waals surface area contributed by atoms with Gasteiger partial charge in [-0.05, 0) is 54.4 Å². The van der Waals surface area contributed by atoms with Gasteiger partial charge in [0.05, 0.1) is 5.69 Å². The number of hydrogen-bond acceptors (Lipinski definition) is 2. The fourth-order valence-electron chi connectivity index (χ4n) is 2.05. The minimum absolute atomic E-state index is 0.0405. The molecule has 0 bridgehead atoms. The first-order chi connectivity index (χ1) is 8.88. The summed E-state index contributed by atoms with van der Waals surface area (Å²) in [5.41, 5.74) is 1.43. The van der Waals surface area contributed by atoms with Crippen molar-refractivity contribution in [3.05, 3.63) is 49.6 Å².